The Bertz CT molecular complexity index is 819. The summed E-state index contributed by atoms with van der Waals surface area (Å²) < 4.78 is 2.23. The molecule has 24 heavy (non-hydrogen) atoms. The van der Waals surface area contributed by atoms with Crippen LogP contribution in [0.25, 0.3) is 17.0 Å². The maximum atomic E-state index is 12.4. The molecule has 0 saturated carbocycles. The van der Waals surface area contributed by atoms with Gasteiger partial charge in [-0.2, -0.15) is 0 Å². The molecule has 1 aromatic heterocycles. The molecule has 1 aliphatic rings. The number of nitrogens with one attached hydrogen (secondary N) is 1. The molecule has 1 saturated heterocycles. The number of hydrogen-bond donors (Lipinski definition) is 1. The summed E-state index contributed by atoms with van der Waals surface area (Å²) in [4.78, 5) is 25.6. The van der Waals surface area contributed by atoms with Gasteiger partial charge in [0.2, 0.25) is 0 Å². The Labute approximate surface area is 141 Å². The predicted octanol–water partition coefficient (Wildman–Crippen LogP) is 3.92. The van der Waals surface area contributed by atoms with Gasteiger partial charge in [-0.15, -0.1) is 0 Å². The first-order valence-electron chi connectivity index (χ1n) is 8.50. The van der Waals surface area contributed by atoms with Crippen molar-refractivity contribution in [3.63, 3.8) is 0 Å². The molecule has 0 bridgehead atoms. The Morgan fingerprint density at radius 1 is 1.21 bits per heavy atom. The summed E-state index contributed by atoms with van der Waals surface area (Å²) in [5.74, 6) is -0.248. The van der Waals surface area contributed by atoms with E-state index in [2.05, 4.69) is 36.0 Å². The van der Waals surface area contributed by atoms with Gasteiger partial charge in [-0.25, -0.2) is 4.79 Å². The Morgan fingerprint density at radius 3 is 2.67 bits per heavy atom. The van der Waals surface area contributed by atoms with E-state index >= 15 is 0 Å². The lowest BCUT2D eigenvalue weighted by atomic mass is 10.1. The Morgan fingerprint density at radius 2 is 1.96 bits per heavy atom. The molecule has 126 valence electrons. The van der Waals surface area contributed by atoms with Crippen LogP contribution in [0.1, 0.15) is 45.2 Å². The minimum absolute atomic E-state index is 0.248. The number of imide groups is 1. The number of rotatable bonds is 5. The quantitative estimate of drug-likeness (QED) is 0.669. The molecule has 0 aliphatic carbocycles. The number of nitrogens with zero attached hydrogens (tertiary/aromatic N) is 2. The van der Waals surface area contributed by atoms with Crippen LogP contribution in [-0.2, 0) is 4.79 Å². The topological polar surface area (TPSA) is 54.3 Å². The third-order valence-corrected chi connectivity index (χ3v) is 4.55. The molecule has 5 nitrogen and oxygen atoms in total. The van der Waals surface area contributed by atoms with Gasteiger partial charge in [-0.3, -0.25) is 9.69 Å². The lowest BCUT2D eigenvalue weighted by Gasteiger charge is -2.12. The molecule has 0 unspecified atom stereocenters. The minimum Gasteiger partial charge on any atom is -0.344 e. The fourth-order valence-electron chi connectivity index (χ4n) is 3.06. The van der Waals surface area contributed by atoms with Crippen LogP contribution in [0.15, 0.2) is 36.2 Å². The van der Waals surface area contributed by atoms with Gasteiger partial charge in [-0.05, 0) is 31.9 Å². The van der Waals surface area contributed by atoms with Crippen molar-refractivity contribution in [1.82, 2.24) is 14.8 Å². The normalized spacial score (nSPS) is 17.8. The van der Waals surface area contributed by atoms with Crippen LogP contribution in [0.3, 0.4) is 0 Å². The second-order valence-corrected chi connectivity index (χ2v) is 6.21. The minimum atomic E-state index is -0.334. The Kier molecular flexibility index (Phi) is 4.42. The Hall–Kier alpha value is -2.56. The van der Waals surface area contributed by atoms with Gasteiger partial charge in [0.1, 0.15) is 5.70 Å². The van der Waals surface area contributed by atoms with E-state index in [4.69, 9.17) is 0 Å². The van der Waals surface area contributed by atoms with Crippen molar-refractivity contribution in [3.05, 3.63) is 41.7 Å². The van der Waals surface area contributed by atoms with Crippen LogP contribution < -0.4 is 5.32 Å². The molecule has 1 aromatic carbocycles. The maximum absolute atomic E-state index is 12.4. The van der Waals surface area contributed by atoms with Crippen molar-refractivity contribution in [1.29, 1.82) is 0 Å². The maximum Gasteiger partial charge on any atom is 0.329 e. The standard InChI is InChI=1S/C19H23N3O2/c1-4-10-21-18(23)16(20-19(21)24)11-14-12-22(13(3)5-2)17-9-7-6-8-15(14)17/h6-9,11-13H,4-5,10H2,1-3H3,(H,20,24)/b16-11+/t13-/m1/s1. The number of urea groups is 1. The van der Waals surface area contributed by atoms with E-state index in [9.17, 15) is 9.59 Å². The molecule has 1 N–H and O–H groups in total. The summed E-state index contributed by atoms with van der Waals surface area (Å²) >= 11 is 0. The first-order chi connectivity index (χ1) is 11.6. The highest BCUT2D eigenvalue weighted by atomic mass is 16.2. The summed E-state index contributed by atoms with van der Waals surface area (Å²) in [5, 5.41) is 3.78. The highest BCUT2D eigenvalue weighted by Gasteiger charge is 2.32. The lowest BCUT2D eigenvalue weighted by Crippen LogP contribution is -2.31. The molecule has 3 rings (SSSR count). The number of para-hydroxylation sites is 1. The van der Waals surface area contributed by atoms with Crippen LogP contribution in [0.2, 0.25) is 0 Å². The van der Waals surface area contributed by atoms with E-state index in [1.165, 1.54) is 4.90 Å². The highest BCUT2D eigenvalue weighted by molar-refractivity contribution is 6.14. The van der Waals surface area contributed by atoms with E-state index in [0.29, 0.717) is 18.3 Å². The van der Waals surface area contributed by atoms with E-state index in [1.54, 1.807) is 6.08 Å². The highest BCUT2D eigenvalue weighted by Crippen LogP contribution is 2.28. The summed E-state index contributed by atoms with van der Waals surface area (Å²) in [7, 11) is 0. The molecule has 2 heterocycles. The van der Waals surface area contributed by atoms with Crippen molar-refractivity contribution >= 4 is 28.9 Å². The second-order valence-electron chi connectivity index (χ2n) is 6.21. The number of carbonyl (C=O) groups is 2. The molecule has 1 fully saturated rings. The van der Waals surface area contributed by atoms with Crippen molar-refractivity contribution in [3.8, 4) is 0 Å². The summed E-state index contributed by atoms with van der Waals surface area (Å²) in [6, 6.07) is 8.17. The Balaban J connectivity index is 2.05. The van der Waals surface area contributed by atoms with E-state index in [1.807, 2.05) is 25.1 Å². The summed E-state index contributed by atoms with van der Waals surface area (Å²) in [6.07, 6.45) is 5.62. The molecular formula is C19H23N3O2. The van der Waals surface area contributed by atoms with Crippen LogP contribution in [-0.4, -0.2) is 28.0 Å². The zero-order valence-corrected chi connectivity index (χ0v) is 14.4. The predicted molar refractivity (Wildman–Crippen MR) is 95.5 cm³/mol. The monoisotopic (exact) mass is 325 g/mol. The number of carbonyl (C=O) groups excluding carboxylic acids is 2. The number of benzene rings is 1. The molecule has 0 radical (unpaired) electrons. The van der Waals surface area contributed by atoms with Gasteiger partial charge < -0.3 is 9.88 Å². The van der Waals surface area contributed by atoms with E-state index in [-0.39, 0.29) is 11.9 Å². The van der Waals surface area contributed by atoms with E-state index < -0.39 is 0 Å². The SMILES string of the molecule is CCCN1C(=O)N/C(=C/c2cn([C@H](C)CC)c3ccccc23)C1=O. The number of aromatic nitrogens is 1. The lowest BCUT2D eigenvalue weighted by molar-refractivity contribution is -0.122. The van der Waals surface area contributed by atoms with Gasteiger partial charge in [0.05, 0.1) is 0 Å². The first-order valence-corrected chi connectivity index (χ1v) is 8.50. The van der Waals surface area contributed by atoms with Gasteiger partial charge in [0.15, 0.2) is 0 Å². The molecule has 3 amide bonds. The molecule has 0 spiro atoms. The zero-order chi connectivity index (χ0) is 17.3. The molecule has 1 aliphatic heterocycles. The van der Waals surface area contributed by atoms with Gasteiger partial charge in [-0.1, -0.05) is 32.0 Å². The fraction of sp³-hybridized carbons (Fsp3) is 0.368. The molecular weight excluding hydrogens is 302 g/mol. The van der Waals surface area contributed by atoms with Crippen molar-refractivity contribution in [2.45, 2.75) is 39.7 Å². The fourth-order valence-corrected chi connectivity index (χ4v) is 3.06. The average molecular weight is 325 g/mol. The van der Waals surface area contributed by atoms with Crippen LogP contribution in [0.5, 0.6) is 0 Å². The van der Waals surface area contributed by atoms with Crippen molar-refractivity contribution < 1.29 is 9.59 Å². The van der Waals surface area contributed by atoms with Crippen molar-refractivity contribution in [2.75, 3.05) is 6.54 Å². The second kappa shape index (κ2) is 6.51. The number of hydrogen-bond acceptors (Lipinski definition) is 2. The largest absolute Gasteiger partial charge is 0.344 e. The van der Waals surface area contributed by atoms with Gasteiger partial charge >= 0.3 is 6.03 Å². The smallest absolute Gasteiger partial charge is 0.329 e. The number of fused-ring (bicyclic) bond motifs is 1. The average Bonchev–Trinajstić information content (AvgIpc) is 3.08. The van der Waals surface area contributed by atoms with Gasteiger partial charge in [0, 0.05) is 35.2 Å². The third kappa shape index (κ3) is 2.70. The third-order valence-electron chi connectivity index (χ3n) is 4.55. The number of amides is 3. The zero-order valence-electron chi connectivity index (χ0n) is 14.4. The van der Waals surface area contributed by atoms with Gasteiger partial charge in [0.25, 0.3) is 5.91 Å². The summed E-state index contributed by atoms with van der Waals surface area (Å²) in [5.41, 5.74) is 2.44. The van der Waals surface area contributed by atoms with Crippen LogP contribution in [0, 0.1) is 0 Å². The molecule has 1 atom stereocenters. The molecule has 2 aromatic rings. The van der Waals surface area contributed by atoms with E-state index in [0.717, 1.165) is 29.3 Å². The first kappa shape index (κ1) is 16.3. The van der Waals surface area contributed by atoms with Crippen molar-refractivity contribution in [2.24, 2.45) is 0 Å². The molecule has 5 heteroatoms. The van der Waals surface area contributed by atoms with Crippen LogP contribution in [0.4, 0.5) is 4.79 Å². The van der Waals surface area contributed by atoms with Crippen LogP contribution >= 0.6 is 0 Å². The summed E-state index contributed by atoms with van der Waals surface area (Å²) in [6.45, 7) is 6.72.